The summed E-state index contributed by atoms with van der Waals surface area (Å²) in [5.74, 6) is -2.27. The minimum Gasteiger partial charge on any atom is -0.376 e. The van der Waals surface area contributed by atoms with Gasteiger partial charge in [-0.2, -0.15) is 0 Å². The molecular formula is C10H11N3O4. The van der Waals surface area contributed by atoms with Gasteiger partial charge in [0.05, 0.1) is 11.1 Å². The van der Waals surface area contributed by atoms with E-state index in [9.17, 15) is 14.4 Å². The predicted octanol–water partition coefficient (Wildman–Crippen LogP) is -1.44. The van der Waals surface area contributed by atoms with Crippen LogP contribution in [-0.4, -0.2) is 29.6 Å². The number of rotatable bonds is 4. The van der Waals surface area contributed by atoms with Crippen molar-refractivity contribution in [3.63, 3.8) is 0 Å². The number of benzene rings is 1. The molecule has 7 nitrogen and oxygen atoms in total. The van der Waals surface area contributed by atoms with Crippen LogP contribution in [0.2, 0.25) is 0 Å². The molecule has 0 saturated heterocycles. The monoisotopic (exact) mass is 237 g/mol. The van der Waals surface area contributed by atoms with Gasteiger partial charge in [0, 0.05) is 5.56 Å². The highest BCUT2D eigenvalue weighted by atomic mass is 16.3. The highest BCUT2D eigenvalue weighted by molar-refractivity contribution is 6.08. The van der Waals surface area contributed by atoms with E-state index in [1.807, 2.05) is 0 Å². The third-order valence-electron chi connectivity index (χ3n) is 2.05. The van der Waals surface area contributed by atoms with Crippen LogP contribution in [0.25, 0.3) is 0 Å². The Hall–Kier alpha value is -2.41. The normalized spacial score (nSPS) is 9.71. The Morgan fingerprint density at radius 3 is 2.18 bits per heavy atom. The predicted molar refractivity (Wildman–Crippen MR) is 58.0 cm³/mol. The Bertz CT molecular complexity index is 484. The largest absolute Gasteiger partial charge is 0.376 e. The van der Waals surface area contributed by atoms with E-state index in [1.165, 1.54) is 12.1 Å². The number of hydrogen-bond donors (Lipinski definition) is 4. The Balaban J connectivity index is 3.23. The topological polar surface area (TPSA) is 136 Å². The van der Waals surface area contributed by atoms with E-state index >= 15 is 0 Å². The van der Waals surface area contributed by atoms with Crippen LogP contribution in [0.4, 0.5) is 0 Å². The Labute approximate surface area is 96.4 Å². The molecule has 3 amide bonds. The minimum absolute atomic E-state index is 0.0574. The molecule has 17 heavy (non-hydrogen) atoms. The van der Waals surface area contributed by atoms with E-state index in [-0.39, 0.29) is 16.7 Å². The van der Waals surface area contributed by atoms with Gasteiger partial charge in [-0.15, -0.1) is 0 Å². The zero-order chi connectivity index (χ0) is 13.0. The maximum Gasteiger partial charge on any atom is 0.253 e. The van der Waals surface area contributed by atoms with Crippen molar-refractivity contribution in [2.24, 2.45) is 11.5 Å². The summed E-state index contributed by atoms with van der Waals surface area (Å²) in [4.78, 5) is 33.5. The van der Waals surface area contributed by atoms with Gasteiger partial charge < -0.3 is 21.9 Å². The summed E-state index contributed by atoms with van der Waals surface area (Å²) in [6, 6.07) is 3.68. The second-order valence-electron chi connectivity index (χ2n) is 3.15. The van der Waals surface area contributed by atoms with Crippen molar-refractivity contribution >= 4 is 17.7 Å². The molecule has 0 aliphatic rings. The Kier molecular flexibility index (Phi) is 3.78. The van der Waals surface area contributed by atoms with Crippen LogP contribution < -0.4 is 16.8 Å². The molecule has 0 spiro atoms. The summed E-state index contributed by atoms with van der Waals surface area (Å²) in [6.07, 6.45) is 0. The summed E-state index contributed by atoms with van der Waals surface area (Å²) in [6.45, 7) is -0.539. The first-order valence-corrected chi connectivity index (χ1v) is 4.60. The van der Waals surface area contributed by atoms with Gasteiger partial charge in [-0.25, -0.2) is 0 Å². The van der Waals surface area contributed by atoms with E-state index < -0.39 is 24.5 Å². The van der Waals surface area contributed by atoms with Gasteiger partial charge >= 0.3 is 0 Å². The number of carbonyl (C=O) groups is 3. The van der Waals surface area contributed by atoms with Gasteiger partial charge in [-0.3, -0.25) is 14.4 Å². The van der Waals surface area contributed by atoms with Crippen LogP contribution in [0.5, 0.6) is 0 Å². The molecule has 0 aliphatic carbocycles. The van der Waals surface area contributed by atoms with E-state index in [1.54, 1.807) is 0 Å². The molecule has 6 N–H and O–H groups in total. The quantitative estimate of drug-likeness (QED) is 0.477. The number of aliphatic hydroxyl groups is 1. The van der Waals surface area contributed by atoms with Crippen molar-refractivity contribution in [3.8, 4) is 0 Å². The Morgan fingerprint density at radius 1 is 1.12 bits per heavy atom. The smallest absolute Gasteiger partial charge is 0.253 e. The average Bonchev–Trinajstić information content (AvgIpc) is 2.28. The number of amides is 3. The molecule has 0 aromatic heterocycles. The van der Waals surface area contributed by atoms with Gasteiger partial charge in [0.1, 0.15) is 6.73 Å². The van der Waals surface area contributed by atoms with Crippen LogP contribution in [0.1, 0.15) is 31.1 Å². The molecule has 1 rings (SSSR count). The lowest BCUT2D eigenvalue weighted by Gasteiger charge is -2.06. The summed E-state index contributed by atoms with van der Waals surface area (Å²) in [5.41, 5.74) is 10.0. The lowest BCUT2D eigenvalue weighted by atomic mass is 10.0. The van der Waals surface area contributed by atoms with Gasteiger partial charge in [0.25, 0.3) is 5.91 Å². The van der Waals surface area contributed by atoms with E-state index in [4.69, 9.17) is 16.6 Å². The lowest BCUT2D eigenvalue weighted by Crippen LogP contribution is -2.26. The number of nitrogens with two attached hydrogens (primary N) is 2. The number of carbonyl (C=O) groups excluding carboxylic acids is 3. The van der Waals surface area contributed by atoms with Gasteiger partial charge in [0.15, 0.2) is 0 Å². The van der Waals surface area contributed by atoms with Crippen LogP contribution in [0.15, 0.2) is 18.2 Å². The molecule has 0 aliphatic heterocycles. The standard InChI is InChI=1S/C10H11N3O4/c11-8(15)6-2-1-5(10(17)13-4-14)3-7(6)9(12)16/h1-3,14H,4H2,(H2,11,15)(H2,12,16)(H,13,17). The van der Waals surface area contributed by atoms with Crippen LogP contribution >= 0.6 is 0 Å². The van der Waals surface area contributed by atoms with Crippen molar-refractivity contribution in [1.29, 1.82) is 0 Å². The van der Waals surface area contributed by atoms with Crippen LogP contribution in [-0.2, 0) is 0 Å². The first-order valence-electron chi connectivity index (χ1n) is 4.60. The fourth-order valence-electron chi connectivity index (χ4n) is 1.28. The molecule has 0 unspecified atom stereocenters. The number of hydrogen-bond acceptors (Lipinski definition) is 4. The van der Waals surface area contributed by atoms with Crippen molar-refractivity contribution in [2.45, 2.75) is 0 Å². The number of nitrogens with one attached hydrogen (secondary N) is 1. The molecule has 0 atom stereocenters. The second-order valence-corrected chi connectivity index (χ2v) is 3.15. The molecule has 0 radical (unpaired) electrons. The zero-order valence-electron chi connectivity index (χ0n) is 8.77. The molecule has 1 aromatic rings. The molecule has 7 heteroatoms. The Morgan fingerprint density at radius 2 is 1.71 bits per heavy atom. The van der Waals surface area contributed by atoms with E-state index in [0.717, 1.165) is 6.07 Å². The van der Waals surface area contributed by atoms with Crippen molar-refractivity contribution in [2.75, 3.05) is 6.73 Å². The summed E-state index contributed by atoms with van der Waals surface area (Å²) in [5, 5.41) is 10.6. The fraction of sp³-hybridized carbons (Fsp3) is 0.100. The average molecular weight is 237 g/mol. The molecule has 1 aromatic carbocycles. The van der Waals surface area contributed by atoms with Gasteiger partial charge in [-0.1, -0.05) is 0 Å². The third-order valence-corrected chi connectivity index (χ3v) is 2.05. The maximum atomic E-state index is 11.4. The number of aliphatic hydroxyl groups excluding tert-OH is 1. The third kappa shape index (κ3) is 2.79. The van der Waals surface area contributed by atoms with Gasteiger partial charge in [-0.05, 0) is 18.2 Å². The van der Waals surface area contributed by atoms with Crippen LogP contribution in [0, 0.1) is 0 Å². The summed E-state index contributed by atoms with van der Waals surface area (Å²) < 4.78 is 0. The molecule has 0 heterocycles. The van der Waals surface area contributed by atoms with Crippen molar-refractivity contribution in [1.82, 2.24) is 5.32 Å². The molecule has 0 bridgehead atoms. The van der Waals surface area contributed by atoms with Gasteiger partial charge in [0.2, 0.25) is 11.8 Å². The highest BCUT2D eigenvalue weighted by Crippen LogP contribution is 2.11. The maximum absolute atomic E-state index is 11.4. The zero-order valence-corrected chi connectivity index (χ0v) is 8.77. The second kappa shape index (κ2) is 5.08. The van der Waals surface area contributed by atoms with Crippen molar-refractivity contribution < 1.29 is 19.5 Å². The summed E-state index contributed by atoms with van der Waals surface area (Å²) >= 11 is 0. The first kappa shape index (κ1) is 12.7. The first-order chi connectivity index (χ1) is 7.97. The SMILES string of the molecule is NC(=O)c1ccc(C(=O)NCO)cc1C(N)=O. The van der Waals surface area contributed by atoms with Crippen molar-refractivity contribution in [3.05, 3.63) is 34.9 Å². The molecule has 0 fully saturated rings. The lowest BCUT2D eigenvalue weighted by molar-refractivity contribution is 0.0908. The fourth-order valence-corrected chi connectivity index (χ4v) is 1.28. The molecule has 90 valence electrons. The molecular weight excluding hydrogens is 226 g/mol. The summed E-state index contributed by atoms with van der Waals surface area (Å²) in [7, 11) is 0. The van der Waals surface area contributed by atoms with E-state index in [0.29, 0.717) is 0 Å². The molecule has 0 saturated carbocycles. The minimum atomic E-state index is -0.863. The highest BCUT2D eigenvalue weighted by Gasteiger charge is 2.15. The number of primary amides is 2. The van der Waals surface area contributed by atoms with E-state index in [2.05, 4.69) is 5.32 Å². The van der Waals surface area contributed by atoms with Crippen LogP contribution in [0.3, 0.4) is 0 Å².